The molecule has 200 valence electrons. The quantitative estimate of drug-likeness (QED) is 0.111. The molecule has 0 spiro atoms. The molecule has 7 nitrogen and oxygen atoms in total. The summed E-state index contributed by atoms with van der Waals surface area (Å²) in [5.41, 5.74) is 0. The number of carbonyl (C=O) groups excluding carboxylic acids is 1. The molecule has 3 N–H and O–H groups in total. The molecule has 0 radical (unpaired) electrons. The van der Waals surface area contributed by atoms with E-state index in [9.17, 15) is 15.0 Å². The fraction of sp³-hybridized carbons (Fsp3) is 0.963. The number of hydrogen-bond acceptors (Lipinski definition) is 7. The lowest BCUT2D eigenvalue weighted by atomic mass is 10.0. The first kappa shape index (κ1) is 29.5. The van der Waals surface area contributed by atoms with Gasteiger partial charge in [-0.15, -0.1) is 0 Å². The Balaban J connectivity index is 1.31. The Hall–Kier alpha value is -0.730. The summed E-state index contributed by atoms with van der Waals surface area (Å²) in [4.78, 5) is 11.9. The van der Waals surface area contributed by atoms with Crippen LogP contribution in [0.15, 0.2) is 0 Å². The van der Waals surface area contributed by atoms with E-state index >= 15 is 0 Å². The Morgan fingerprint density at radius 1 is 0.735 bits per heavy atom. The SMILES string of the molecule is CCCCCCCCCCCCCCCCCC(=O)OCC(O)C1OC1CC1OC1C(O)CO. The molecule has 6 unspecified atom stereocenters. The highest BCUT2D eigenvalue weighted by Gasteiger charge is 2.52. The van der Waals surface area contributed by atoms with Gasteiger partial charge in [0.25, 0.3) is 0 Å². The van der Waals surface area contributed by atoms with Crippen LogP contribution < -0.4 is 0 Å². The van der Waals surface area contributed by atoms with Gasteiger partial charge in [-0.25, -0.2) is 0 Å². The van der Waals surface area contributed by atoms with Crippen molar-refractivity contribution in [2.24, 2.45) is 0 Å². The van der Waals surface area contributed by atoms with Crippen molar-refractivity contribution >= 4 is 5.97 Å². The molecule has 0 bridgehead atoms. The Labute approximate surface area is 206 Å². The highest BCUT2D eigenvalue weighted by molar-refractivity contribution is 5.69. The maximum Gasteiger partial charge on any atom is 0.305 e. The largest absolute Gasteiger partial charge is 0.463 e. The van der Waals surface area contributed by atoms with Crippen LogP contribution >= 0.6 is 0 Å². The van der Waals surface area contributed by atoms with Crippen molar-refractivity contribution in [2.45, 2.75) is 153 Å². The average molecular weight is 487 g/mol. The second-order valence-corrected chi connectivity index (χ2v) is 10.2. The number of esters is 1. The van der Waals surface area contributed by atoms with Gasteiger partial charge in [0, 0.05) is 12.8 Å². The summed E-state index contributed by atoms with van der Waals surface area (Å²) in [5.74, 6) is -0.261. The fourth-order valence-electron chi connectivity index (χ4n) is 4.69. The van der Waals surface area contributed by atoms with Gasteiger partial charge in [-0.05, 0) is 6.42 Å². The van der Waals surface area contributed by atoms with Gasteiger partial charge in [0.05, 0.1) is 18.8 Å². The smallest absolute Gasteiger partial charge is 0.305 e. The number of hydrogen-bond donors (Lipinski definition) is 3. The van der Waals surface area contributed by atoms with Gasteiger partial charge in [0.2, 0.25) is 0 Å². The first-order valence-electron chi connectivity index (χ1n) is 14.0. The van der Waals surface area contributed by atoms with Crippen LogP contribution in [0.2, 0.25) is 0 Å². The second-order valence-electron chi connectivity index (χ2n) is 10.2. The van der Waals surface area contributed by atoms with E-state index in [4.69, 9.17) is 19.3 Å². The molecule has 2 aliphatic heterocycles. The molecule has 2 aliphatic rings. The number of rotatable bonds is 23. The van der Waals surface area contributed by atoms with Gasteiger partial charge >= 0.3 is 5.97 Å². The molecular formula is C27H50O7. The summed E-state index contributed by atoms with van der Waals surface area (Å²) in [6.07, 6.45) is 17.6. The molecule has 0 aromatic rings. The van der Waals surface area contributed by atoms with Crippen LogP contribution in [0.25, 0.3) is 0 Å². The monoisotopic (exact) mass is 486 g/mol. The molecule has 0 aromatic carbocycles. The minimum atomic E-state index is -0.868. The lowest BCUT2D eigenvalue weighted by Gasteiger charge is -2.09. The zero-order valence-corrected chi connectivity index (χ0v) is 21.4. The topological polar surface area (TPSA) is 112 Å². The number of carbonyl (C=O) groups is 1. The van der Waals surface area contributed by atoms with Crippen molar-refractivity contribution < 1.29 is 34.3 Å². The first-order valence-corrected chi connectivity index (χ1v) is 14.0. The zero-order chi connectivity index (χ0) is 24.6. The third-order valence-electron chi connectivity index (χ3n) is 7.05. The zero-order valence-electron chi connectivity index (χ0n) is 21.4. The van der Waals surface area contributed by atoms with Gasteiger partial charge < -0.3 is 29.5 Å². The highest BCUT2D eigenvalue weighted by Crippen LogP contribution is 2.38. The van der Waals surface area contributed by atoms with Crippen LogP contribution in [0.3, 0.4) is 0 Å². The Morgan fingerprint density at radius 3 is 1.65 bits per heavy atom. The molecule has 0 amide bonds. The number of ether oxygens (including phenoxy) is 3. The fourth-order valence-corrected chi connectivity index (χ4v) is 4.69. The molecule has 2 fully saturated rings. The molecule has 2 heterocycles. The van der Waals surface area contributed by atoms with Crippen LogP contribution in [-0.2, 0) is 19.0 Å². The molecule has 34 heavy (non-hydrogen) atoms. The van der Waals surface area contributed by atoms with E-state index in [1.807, 2.05) is 0 Å². The van der Waals surface area contributed by atoms with E-state index in [2.05, 4.69) is 6.92 Å². The predicted octanol–water partition coefficient (Wildman–Crippen LogP) is 4.43. The van der Waals surface area contributed by atoms with Gasteiger partial charge in [0.15, 0.2) is 0 Å². The van der Waals surface area contributed by atoms with Crippen molar-refractivity contribution in [2.75, 3.05) is 13.2 Å². The van der Waals surface area contributed by atoms with E-state index in [1.165, 1.54) is 83.5 Å². The van der Waals surface area contributed by atoms with Crippen molar-refractivity contribution in [3.05, 3.63) is 0 Å². The van der Waals surface area contributed by atoms with Crippen molar-refractivity contribution in [3.63, 3.8) is 0 Å². The normalized spacial score (nSPS) is 25.2. The lowest BCUT2D eigenvalue weighted by Crippen LogP contribution is -2.26. The predicted molar refractivity (Wildman–Crippen MR) is 132 cm³/mol. The minimum absolute atomic E-state index is 0.0487. The summed E-state index contributed by atoms with van der Waals surface area (Å²) in [5, 5.41) is 28.5. The van der Waals surface area contributed by atoms with E-state index in [0.29, 0.717) is 12.8 Å². The van der Waals surface area contributed by atoms with E-state index in [1.54, 1.807) is 0 Å². The van der Waals surface area contributed by atoms with Crippen LogP contribution in [0.5, 0.6) is 0 Å². The maximum absolute atomic E-state index is 11.9. The standard InChI is InChI=1S/C27H50O7/c1-2-3-4-5-6-7-8-9-10-11-12-13-14-15-16-17-25(31)32-20-22(30)27-24(34-27)18-23-26(33-23)21(29)19-28/h21-24,26-30H,2-20H2,1H3. The van der Waals surface area contributed by atoms with Gasteiger partial charge in [0.1, 0.15) is 31.0 Å². The van der Waals surface area contributed by atoms with Gasteiger partial charge in [-0.3, -0.25) is 4.79 Å². The number of unbranched alkanes of at least 4 members (excludes halogenated alkanes) is 14. The summed E-state index contributed by atoms with van der Waals surface area (Å²) >= 11 is 0. The number of epoxide rings is 2. The van der Waals surface area contributed by atoms with E-state index in [-0.39, 0.29) is 43.6 Å². The van der Waals surface area contributed by atoms with Gasteiger partial charge in [-0.1, -0.05) is 96.8 Å². The first-order chi connectivity index (χ1) is 16.6. The summed E-state index contributed by atoms with van der Waals surface area (Å²) in [6, 6.07) is 0. The Kier molecular flexibility index (Phi) is 15.3. The molecule has 7 heteroatoms. The number of aliphatic hydroxyl groups is 3. The van der Waals surface area contributed by atoms with Crippen molar-refractivity contribution in [1.82, 2.24) is 0 Å². The van der Waals surface area contributed by atoms with Crippen LogP contribution in [-0.4, -0.2) is 71.1 Å². The summed E-state index contributed by atoms with van der Waals surface area (Å²) in [7, 11) is 0. The van der Waals surface area contributed by atoms with Crippen LogP contribution in [0.4, 0.5) is 0 Å². The average Bonchev–Trinajstić information content (AvgIpc) is 3.77. The molecule has 0 aromatic heterocycles. The number of aliphatic hydroxyl groups excluding tert-OH is 3. The lowest BCUT2D eigenvalue weighted by molar-refractivity contribution is -0.147. The Morgan fingerprint density at radius 2 is 1.18 bits per heavy atom. The highest BCUT2D eigenvalue weighted by atomic mass is 16.6. The second kappa shape index (κ2) is 17.7. The molecule has 6 atom stereocenters. The van der Waals surface area contributed by atoms with Crippen LogP contribution in [0.1, 0.15) is 116 Å². The molecular weight excluding hydrogens is 436 g/mol. The molecule has 2 rings (SSSR count). The third kappa shape index (κ3) is 12.8. The van der Waals surface area contributed by atoms with Crippen molar-refractivity contribution in [1.29, 1.82) is 0 Å². The molecule has 0 aliphatic carbocycles. The van der Waals surface area contributed by atoms with E-state index in [0.717, 1.165) is 12.8 Å². The molecule has 0 saturated carbocycles. The summed E-state index contributed by atoms with van der Waals surface area (Å²) in [6.45, 7) is 1.89. The van der Waals surface area contributed by atoms with Crippen molar-refractivity contribution in [3.8, 4) is 0 Å². The van der Waals surface area contributed by atoms with E-state index < -0.39 is 12.2 Å². The summed E-state index contributed by atoms with van der Waals surface area (Å²) < 4.78 is 16.0. The van der Waals surface area contributed by atoms with Gasteiger partial charge in [-0.2, -0.15) is 0 Å². The maximum atomic E-state index is 11.9. The Bertz CT molecular complexity index is 529. The minimum Gasteiger partial charge on any atom is -0.463 e. The third-order valence-corrected chi connectivity index (χ3v) is 7.05. The van der Waals surface area contributed by atoms with Crippen LogP contribution in [0, 0.1) is 0 Å². The molecule has 2 saturated heterocycles.